The normalized spacial score (nSPS) is 15.3. The van der Waals surface area contributed by atoms with Crippen molar-refractivity contribution in [3.05, 3.63) is 82.4 Å². The number of likely N-dealkylation sites (tertiary alicyclic amines) is 1. The summed E-state index contributed by atoms with van der Waals surface area (Å²) in [6.07, 6.45) is 6.24. The highest BCUT2D eigenvalue weighted by Gasteiger charge is 2.27. The SMILES string of the molecule is Cc1cccc(Nc2ccc(NC(=O)c3ccc(NCCCN4CCCCC4)cc3)c3c2CCC3=O)c1C. The number of ketones is 1. The van der Waals surface area contributed by atoms with Crippen molar-refractivity contribution in [3.63, 3.8) is 0 Å². The molecule has 1 aliphatic heterocycles. The van der Waals surface area contributed by atoms with E-state index in [1.165, 1.54) is 43.5 Å². The Balaban J connectivity index is 1.21. The fourth-order valence-corrected chi connectivity index (χ4v) is 5.49. The Morgan fingerprint density at radius 1 is 0.868 bits per heavy atom. The molecule has 38 heavy (non-hydrogen) atoms. The topological polar surface area (TPSA) is 73.5 Å². The number of benzene rings is 3. The van der Waals surface area contributed by atoms with Crippen LogP contribution >= 0.6 is 0 Å². The fourth-order valence-electron chi connectivity index (χ4n) is 5.49. The summed E-state index contributed by atoms with van der Waals surface area (Å²) in [5.74, 6) is -0.136. The molecule has 198 valence electrons. The van der Waals surface area contributed by atoms with Gasteiger partial charge < -0.3 is 20.9 Å². The third kappa shape index (κ3) is 5.91. The molecule has 1 amide bonds. The van der Waals surface area contributed by atoms with Crippen LogP contribution in [0.5, 0.6) is 0 Å². The quantitative estimate of drug-likeness (QED) is 0.279. The minimum absolute atomic E-state index is 0.0732. The molecule has 6 heteroatoms. The van der Waals surface area contributed by atoms with Crippen molar-refractivity contribution in [1.82, 2.24) is 4.90 Å². The van der Waals surface area contributed by atoms with E-state index >= 15 is 0 Å². The van der Waals surface area contributed by atoms with E-state index in [1.807, 2.05) is 42.5 Å². The van der Waals surface area contributed by atoms with Crippen molar-refractivity contribution in [1.29, 1.82) is 0 Å². The van der Waals surface area contributed by atoms with Crippen molar-refractivity contribution in [2.24, 2.45) is 0 Å². The van der Waals surface area contributed by atoms with E-state index in [2.05, 4.69) is 46.8 Å². The molecule has 1 fully saturated rings. The number of anilines is 4. The van der Waals surface area contributed by atoms with Gasteiger partial charge in [-0.15, -0.1) is 0 Å². The monoisotopic (exact) mass is 510 g/mol. The molecule has 1 aliphatic carbocycles. The van der Waals surface area contributed by atoms with Gasteiger partial charge in [-0.05, 0) is 118 Å². The van der Waals surface area contributed by atoms with Gasteiger partial charge in [-0.25, -0.2) is 0 Å². The molecule has 0 unspecified atom stereocenters. The van der Waals surface area contributed by atoms with Gasteiger partial charge in [0.25, 0.3) is 5.91 Å². The first kappa shape index (κ1) is 26.0. The number of hydrogen-bond donors (Lipinski definition) is 3. The zero-order valence-electron chi connectivity index (χ0n) is 22.5. The van der Waals surface area contributed by atoms with Crippen LogP contribution < -0.4 is 16.0 Å². The molecule has 3 N–H and O–H groups in total. The number of carbonyl (C=O) groups is 2. The second kappa shape index (κ2) is 11.8. The predicted molar refractivity (Wildman–Crippen MR) is 156 cm³/mol. The van der Waals surface area contributed by atoms with Crippen LogP contribution in [-0.4, -0.2) is 42.8 Å². The van der Waals surface area contributed by atoms with Gasteiger partial charge in [0, 0.05) is 41.2 Å². The van der Waals surface area contributed by atoms with Crippen molar-refractivity contribution < 1.29 is 9.59 Å². The molecule has 0 bridgehead atoms. The van der Waals surface area contributed by atoms with E-state index in [1.54, 1.807) is 0 Å². The number of nitrogens with zero attached hydrogens (tertiary/aromatic N) is 1. The molecular formula is C32H38N4O2. The highest BCUT2D eigenvalue weighted by molar-refractivity contribution is 6.12. The van der Waals surface area contributed by atoms with Crippen LogP contribution in [0.15, 0.2) is 54.6 Å². The number of carbonyl (C=O) groups excluding carboxylic acids is 2. The lowest BCUT2D eigenvalue weighted by Gasteiger charge is -2.26. The van der Waals surface area contributed by atoms with Gasteiger partial charge in [-0.3, -0.25) is 9.59 Å². The second-order valence-electron chi connectivity index (χ2n) is 10.5. The van der Waals surface area contributed by atoms with Gasteiger partial charge >= 0.3 is 0 Å². The minimum atomic E-state index is -0.209. The summed E-state index contributed by atoms with van der Waals surface area (Å²) in [6, 6.07) is 17.5. The molecule has 5 rings (SSSR count). The molecule has 0 saturated carbocycles. The molecule has 0 spiro atoms. The standard InChI is InChI=1S/C32H38N4O2/c1-22-8-6-9-27(23(22)2)34-28-15-16-29(31-26(28)14-17-30(31)37)35-32(38)24-10-12-25(13-11-24)33-18-7-21-36-19-4-3-5-20-36/h6,8-13,15-16,33-34H,3-5,7,14,17-21H2,1-2H3,(H,35,38). The van der Waals surface area contributed by atoms with Gasteiger partial charge in [0.05, 0.1) is 5.69 Å². The van der Waals surface area contributed by atoms with Gasteiger partial charge in [0.2, 0.25) is 0 Å². The highest BCUT2D eigenvalue weighted by atomic mass is 16.2. The Morgan fingerprint density at radius 3 is 2.42 bits per heavy atom. The van der Waals surface area contributed by atoms with E-state index in [9.17, 15) is 9.59 Å². The summed E-state index contributed by atoms with van der Waals surface area (Å²) in [7, 11) is 0. The third-order valence-corrected chi connectivity index (χ3v) is 7.89. The predicted octanol–water partition coefficient (Wildman–Crippen LogP) is 6.72. The highest BCUT2D eigenvalue weighted by Crippen LogP contribution is 2.37. The Kier molecular flexibility index (Phi) is 8.08. The summed E-state index contributed by atoms with van der Waals surface area (Å²) < 4.78 is 0. The lowest BCUT2D eigenvalue weighted by molar-refractivity contribution is 0.0995. The third-order valence-electron chi connectivity index (χ3n) is 7.89. The number of piperidine rings is 1. The molecule has 0 aromatic heterocycles. The molecule has 0 atom stereocenters. The number of Topliss-reactive ketones (excluding diaryl/α,β-unsaturated/α-hetero) is 1. The van der Waals surface area contributed by atoms with Crippen LogP contribution in [-0.2, 0) is 6.42 Å². The van der Waals surface area contributed by atoms with Gasteiger partial charge in [-0.2, -0.15) is 0 Å². The number of fused-ring (bicyclic) bond motifs is 1. The number of hydrogen-bond acceptors (Lipinski definition) is 5. The van der Waals surface area contributed by atoms with Crippen LogP contribution in [0.3, 0.4) is 0 Å². The molecule has 3 aromatic carbocycles. The van der Waals surface area contributed by atoms with E-state index in [-0.39, 0.29) is 11.7 Å². The van der Waals surface area contributed by atoms with E-state index < -0.39 is 0 Å². The maximum absolute atomic E-state index is 13.1. The van der Waals surface area contributed by atoms with Crippen LogP contribution in [0.4, 0.5) is 22.7 Å². The first-order chi connectivity index (χ1) is 18.5. The Morgan fingerprint density at radius 2 is 1.63 bits per heavy atom. The Bertz CT molecular complexity index is 1310. The maximum atomic E-state index is 13.1. The average Bonchev–Trinajstić information content (AvgIpc) is 3.33. The summed E-state index contributed by atoms with van der Waals surface area (Å²) in [5, 5.41) is 9.98. The molecule has 1 saturated heterocycles. The molecule has 6 nitrogen and oxygen atoms in total. The van der Waals surface area contributed by atoms with Crippen LogP contribution in [0.25, 0.3) is 0 Å². The second-order valence-corrected chi connectivity index (χ2v) is 10.5. The average molecular weight is 511 g/mol. The molecule has 2 aliphatic rings. The summed E-state index contributed by atoms with van der Waals surface area (Å²) in [4.78, 5) is 28.4. The van der Waals surface area contributed by atoms with Gasteiger partial charge in [0.1, 0.15) is 0 Å². The largest absolute Gasteiger partial charge is 0.385 e. The number of aryl methyl sites for hydroxylation is 1. The van der Waals surface area contributed by atoms with Gasteiger partial charge in [0.15, 0.2) is 5.78 Å². The van der Waals surface area contributed by atoms with E-state index in [0.717, 1.165) is 42.1 Å². The lowest BCUT2D eigenvalue weighted by atomic mass is 10.0. The first-order valence-corrected chi connectivity index (χ1v) is 13.9. The molecule has 3 aromatic rings. The van der Waals surface area contributed by atoms with E-state index in [0.29, 0.717) is 29.7 Å². The van der Waals surface area contributed by atoms with E-state index in [4.69, 9.17) is 0 Å². The molecular weight excluding hydrogens is 472 g/mol. The van der Waals surface area contributed by atoms with Crippen LogP contribution in [0.2, 0.25) is 0 Å². The Labute approximate surface area is 225 Å². The van der Waals surface area contributed by atoms with Crippen molar-refractivity contribution in [2.45, 2.75) is 52.4 Å². The summed E-state index contributed by atoms with van der Waals surface area (Å²) in [5.41, 5.74) is 8.11. The minimum Gasteiger partial charge on any atom is -0.385 e. The number of nitrogens with one attached hydrogen (secondary N) is 3. The number of amides is 1. The fraction of sp³-hybridized carbons (Fsp3) is 0.375. The Hall–Kier alpha value is -3.64. The summed E-state index contributed by atoms with van der Waals surface area (Å²) in [6.45, 7) is 8.68. The number of rotatable bonds is 9. The molecule has 1 heterocycles. The molecule has 0 radical (unpaired) electrons. The first-order valence-electron chi connectivity index (χ1n) is 13.9. The zero-order valence-corrected chi connectivity index (χ0v) is 22.5. The lowest BCUT2D eigenvalue weighted by Crippen LogP contribution is -2.31. The van der Waals surface area contributed by atoms with Crippen LogP contribution in [0, 0.1) is 13.8 Å². The maximum Gasteiger partial charge on any atom is 0.255 e. The van der Waals surface area contributed by atoms with Crippen LogP contribution in [0.1, 0.15) is 69.5 Å². The van der Waals surface area contributed by atoms with Crippen molar-refractivity contribution >= 4 is 34.4 Å². The van der Waals surface area contributed by atoms with Gasteiger partial charge in [-0.1, -0.05) is 18.6 Å². The zero-order chi connectivity index (χ0) is 26.5. The van der Waals surface area contributed by atoms with Crippen molar-refractivity contribution in [2.75, 3.05) is 42.1 Å². The smallest absolute Gasteiger partial charge is 0.255 e. The summed E-state index contributed by atoms with van der Waals surface area (Å²) >= 11 is 0. The van der Waals surface area contributed by atoms with Crippen molar-refractivity contribution in [3.8, 4) is 0 Å².